The molecule has 3 fully saturated rings. The van der Waals surface area contributed by atoms with E-state index in [2.05, 4.69) is 41.8 Å². The Balaban J connectivity index is 1.33. The molecule has 0 atom stereocenters. The van der Waals surface area contributed by atoms with E-state index in [1.54, 1.807) is 4.90 Å². The first-order valence-corrected chi connectivity index (χ1v) is 11.4. The first-order valence-electron chi connectivity index (χ1n) is 11.4. The average Bonchev–Trinajstić information content (AvgIpc) is 3.12. The Hall–Kier alpha value is -2.65. The van der Waals surface area contributed by atoms with Crippen LogP contribution in [0.25, 0.3) is 0 Å². The third-order valence-electron chi connectivity index (χ3n) is 6.33. The number of hydrogen-bond acceptors (Lipinski definition) is 7. The van der Waals surface area contributed by atoms with Crippen molar-refractivity contribution in [2.24, 2.45) is 0 Å². The Morgan fingerprint density at radius 1 is 1.00 bits per heavy atom. The summed E-state index contributed by atoms with van der Waals surface area (Å²) in [6.07, 6.45) is -0.434. The number of nitrogens with zero attached hydrogens (tertiary/aromatic N) is 4. The van der Waals surface area contributed by atoms with Gasteiger partial charge in [0.15, 0.2) is 0 Å². The van der Waals surface area contributed by atoms with Gasteiger partial charge in [-0.05, 0) is 29.2 Å². The zero-order chi connectivity index (χ0) is 22.7. The quantitative estimate of drug-likeness (QED) is 0.642. The second kappa shape index (κ2) is 9.87. The number of morpholine rings is 1. The number of piperazine rings is 1. The number of ether oxygens (including phenoxy) is 1. The largest absolute Gasteiger partial charge is 0.434 e. The molecule has 3 aliphatic rings. The van der Waals surface area contributed by atoms with Gasteiger partial charge in [0.05, 0.1) is 13.2 Å². The minimum Gasteiger partial charge on any atom is -0.378 e. The third-order valence-corrected chi connectivity index (χ3v) is 6.33. The first kappa shape index (κ1) is 22.5. The Bertz CT molecular complexity index is 844. The van der Waals surface area contributed by atoms with Crippen LogP contribution in [0.4, 0.5) is 10.5 Å². The molecule has 0 radical (unpaired) electrons. The number of carbonyl (C=O) groups is 3. The summed E-state index contributed by atoms with van der Waals surface area (Å²) in [7, 11) is 0. The Kier molecular flexibility index (Phi) is 6.95. The first-order chi connectivity index (χ1) is 15.4. The van der Waals surface area contributed by atoms with Crippen LogP contribution in [0.2, 0.25) is 0 Å². The fourth-order valence-corrected chi connectivity index (χ4v) is 4.41. The molecule has 3 amide bonds. The smallest absolute Gasteiger partial charge is 0.378 e. The van der Waals surface area contributed by atoms with Crippen molar-refractivity contribution in [3.63, 3.8) is 0 Å². The Labute approximate surface area is 188 Å². The highest BCUT2D eigenvalue weighted by Crippen LogP contribution is 2.27. The van der Waals surface area contributed by atoms with E-state index >= 15 is 0 Å². The third kappa shape index (κ3) is 5.05. The number of anilines is 1. The molecule has 9 heteroatoms. The summed E-state index contributed by atoms with van der Waals surface area (Å²) in [4.78, 5) is 47.0. The molecule has 3 heterocycles. The number of rotatable bonds is 5. The summed E-state index contributed by atoms with van der Waals surface area (Å²) in [6.45, 7) is 11.1. The molecule has 0 N–H and O–H groups in total. The number of benzene rings is 1. The molecule has 174 valence electrons. The lowest BCUT2D eigenvalue weighted by Gasteiger charge is -2.35. The van der Waals surface area contributed by atoms with Crippen LogP contribution >= 0.6 is 0 Å². The number of hydrogen-bond donors (Lipinski definition) is 0. The maximum Gasteiger partial charge on any atom is 0.434 e. The van der Waals surface area contributed by atoms with Crippen LogP contribution in [0, 0.1) is 0 Å². The minimum atomic E-state index is -0.633. The van der Waals surface area contributed by atoms with Crippen molar-refractivity contribution in [1.82, 2.24) is 14.9 Å². The molecule has 3 aliphatic heterocycles. The highest BCUT2D eigenvalue weighted by atomic mass is 16.7. The van der Waals surface area contributed by atoms with Crippen molar-refractivity contribution in [2.75, 3.05) is 57.4 Å². The maximum absolute atomic E-state index is 12.4. The van der Waals surface area contributed by atoms with Crippen LogP contribution in [0.15, 0.2) is 18.2 Å². The van der Waals surface area contributed by atoms with Crippen LogP contribution in [0.3, 0.4) is 0 Å². The summed E-state index contributed by atoms with van der Waals surface area (Å²) < 4.78 is 5.47. The summed E-state index contributed by atoms with van der Waals surface area (Å²) in [5.74, 6) is -0.495. The second-order valence-corrected chi connectivity index (χ2v) is 8.84. The van der Waals surface area contributed by atoms with E-state index in [4.69, 9.17) is 9.57 Å². The molecule has 1 aromatic rings. The van der Waals surface area contributed by atoms with Crippen molar-refractivity contribution in [3.8, 4) is 0 Å². The van der Waals surface area contributed by atoms with Gasteiger partial charge in [-0.15, -0.1) is 5.06 Å². The van der Waals surface area contributed by atoms with Gasteiger partial charge in [-0.2, -0.15) is 0 Å². The van der Waals surface area contributed by atoms with Gasteiger partial charge >= 0.3 is 6.09 Å². The summed E-state index contributed by atoms with van der Waals surface area (Å²) in [5.41, 5.74) is 3.91. The molecule has 0 bridgehead atoms. The fourth-order valence-electron chi connectivity index (χ4n) is 4.41. The Morgan fingerprint density at radius 2 is 1.66 bits per heavy atom. The van der Waals surface area contributed by atoms with Crippen molar-refractivity contribution in [1.29, 1.82) is 0 Å². The van der Waals surface area contributed by atoms with E-state index in [9.17, 15) is 14.4 Å². The standard InChI is InChI=1S/C23H32N4O5/c1-17(2)20-15-19(25-11-13-31-14-12-25)4-3-18(20)16-24-7-9-26(10-8-24)23(30)32-27-21(28)5-6-22(27)29/h3-4,15,17H,5-14,16H2,1-2H3. The van der Waals surface area contributed by atoms with E-state index in [1.807, 2.05) is 0 Å². The van der Waals surface area contributed by atoms with Crippen molar-refractivity contribution >= 4 is 23.6 Å². The topological polar surface area (TPSA) is 82.6 Å². The minimum absolute atomic E-state index is 0.0996. The number of carbonyl (C=O) groups excluding carboxylic acids is 3. The number of hydroxylamine groups is 2. The molecule has 0 aliphatic carbocycles. The van der Waals surface area contributed by atoms with E-state index in [0.29, 0.717) is 37.2 Å². The molecule has 4 rings (SSSR count). The lowest BCUT2D eigenvalue weighted by Crippen LogP contribution is -2.50. The van der Waals surface area contributed by atoms with Gasteiger partial charge in [-0.1, -0.05) is 19.9 Å². The normalized spacial score (nSPS) is 20.4. The molecule has 0 unspecified atom stereocenters. The van der Waals surface area contributed by atoms with Gasteiger partial charge in [0.1, 0.15) is 0 Å². The zero-order valence-corrected chi connectivity index (χ0v) is 18.9. The number of amides is 3. The maximum atomic E-state index is 12.4. The highest BCUT2D eigenvalue weighted by molar-refractivity contribution is 6.01. The fraction of sp³-hybridized carbons (Fsp3) is 0.609. The van der Waals surface area contributed by atoms with Crippen molar-refractivity contribution in [2.45, 2.75) is 39.2 Å². The van der Waals surface area contributed by atoms with Gasteiger partial charge in [-0.3, -0.25) is 14.5 Å². The molecule has 32 heavy (non-hydrogen) atoms. The van der Waals surface area contributed by atoms with Crippen molar-refractivity contribution in [3.05, 3.63) is 29.3 Å². The lowest BCUT2D eigenvalue weighted by molar-refractivity contribution is -0.174. The molecular formula is C23H32N4O5. The van der Waals surface area contributed by atoms with E-state index in [0.717, 1.165) is 32.8 Å². The average molecular weight is 445 g/mol. The predicted molar refractivity (Wildman–Crippen MR) is 118 cm³/mol. The molecule has 3 saturated heterocycles. The van der Waals surface area contributed by atoms with Gasteiger partial charge < -0.3 is 19.4 Å². The van der Waals surface area contributed by atoms with Crippen LogP contribution < -0.4 is 4.90 Å². The van der Waals surface area contributed by atoms with Crippen LogP contribution in [-0.2, 0) is 25.7 Å². The predicted octanol–water partition coefficient (Wildman–Crippen LogP) is 1.96. The van der Waals surface area contributed by atoms with E-state index in [1.165, 1.54) is 16.8 Å². The molecular weight excluding hydrogens is 412 g/mol. The van der Waals surface area contributed by atoms with Gasteiger partial charge in [0, 0.05) is 64.3 Å². The molecule has 0 saturated carbocycles. The van der Waals surface area contributed by atoms with Crippen LogP contribution in [0.5, 0.6) is 0 Å². The SMILES string of the molecule is CC(C)c1cc(N2CCOCC2)ccc1CN1CCN(C(=O)ON2C(=O)CCC2=O)CC1. The zero-order valence-electron chi connectivity index (χ0n) is 18.9. The summed E-state index contributed by atoms with van der Waals surface area (Å²) >= 11 is 0. The molecule has 1 aromatic carbocycles. The number of imide groups is 1. The lowest BCUT2D eigenvalue weighted by atomic mass is 9.95. The highest BCUT2D eigenvalue weighted by Gasteiger charge is 2.35. The molecule has 0 aromatic heterocycles. The van der Waals surface area contributed by atoms with E-state index < -0.39 is 17.9 Å². The summed E-state index contributed by atoms with van der Waals surface area (Å²) in [5, 5.41) is 0.611. The monoisotopic (exact) mass is 444 g/mol. The van der Waals surface area contributed by atoms with E-state index in [-0.39, 0.29) is 12.8 Å². The summed E-state index contributed by atoms with van der Waals surface area (Å²) in [6, 6.07) is 6.73. The molecule has 0 spiro atoms. The molecule has 9 nitrogen and oxygen atoms in total. The van der Waals surface area contributed by atoms with Crippen LogP contribution in [0.1, 0.15) is 43.7 Å². The van der Waals surface area contributed by atoms with Gasteiger partial charge in [0.2, 0.25) is 0 Å². The van der Waals surface area contributed by atoms with Gasteiger partial charge in [-0.25, -0.2) is 4.79 Å². The van der Waals surface area contributed by atoms with Gasteiger partial charge in [0.25, 0.3) is 11.8 Å². The van der Waals surface area contributed by atoms with Crippen LogP contribution in [-0.4, -0.2) is 85.3 Å². The van der Waals surface area contributed by atoms with Crippen molar-refractivity contribution < 1.29 is 24.0 Å². The Morgan fingerprint density at radius 3 is 2.28 bits per heavy atom. The second-order valence-electron chi connectivity index (χ2n) is 8.84.